The molecule has 1 heterocycles. The second-order valence-electron chi connectivity index (χ2n) is 6.01. The molecule has 0 saturated heterocycles. The summed E-state index contributed by atoms with van der Waals surface area (Å²) in [7, 11) is 0. The van der Waals surface area contributed by atoms with Crippen LogP contribution >= 0.6 is 11.3 Å². The molecule has 0 bridgehead atoms. The zero-order valence-electron chi connectivity index (χ0n) is 11.8. The van der Waals surface area contributed by atoms with Crippen LogP contribution in [0.25, 0.3) is 0 Å². The minimum atomic E-state index is -0.505. The van der Waals surface area contributed by atoms with E-state index in [4.69, 9.17) is 4.74 Å². The molecule has 1 aromatic heterocycles. The molecule has 0 N–H and O–H groups in total. The van der Waals surface area contributed by atoms with Crippen molar-refractivity contribution >= 4 is 23.1 Å². The molecule has 2 unspecified atom stereocenters. The van der Waals surface area contributed by atoms with Crippen molar-refractivity contribution in [3.63, 3.8) is 0 Å². The van der Waals surface area contributed by atoms with Gasteiger partial charge in [0.25, 0.3) is 0 Å². The van der Waals surface area contributed by atoms with Crippen LogP contribution in [0.1, 0.15) is 59.1 Å². The summed E-state index contributed by atoms with van der Waals surface area (Å²) >= 11 is 1.55. The maximum atomic E-state index is 12.2. The number of ether oxygens (including phenoxy) is 1. The number of Topliss-reactive ketones (excluding diaryl/α,β-unsaturated/α-hetero) is 1. The first kappa shape index (κ1) is 13.8. The van der Waals surface area contributed by atoms with Crippen molar-refractivity contribution in [2.75, 3.05) is 0 Å². The van der Waals surface area contributed by atoms with Crippen LogP contribution in [-0.2, 0) is 22.4 Å². The van der Waals surface area contributed by atoms with E-state index in [1.807, 2.05) is 6.07 Å². The summed E-state index contributed by atoms with van der Waals surface area (Å²) in [4.78, 5) is 25.9. The van der Waals surface area contributed by atoms with E-state index < -0.39 is 6.10 Å². The molecular formula is C16H20O3S. The molecule has 1 saturated carbocycles. The number of hydrogen-bond donors (Lipinski definition) is 0. The zero-order valence-corrected chi connectivity index (χ0v) is 12.6. The van der Waals surface area contributed by atoms with Gasteiger partial charge in [-0.05, 0) is 56.1 Å². The Balaban J connectivity index is 1.69. The highest BCUT2D eigenvalue weighted by Gasteiger charge is 2.28. The van der Waals surface area contributed by atoms with Crippen LogP contribution in [0.4, 0.5) is 0 Å². The van der Waals surface area contributed by atoms with E-state index in [0.717, 1.165) is 25.7 Å². The van der Waals surface area contributed by atoms with Gasteiger partial charge in [-0.15, -0.1) is 11.3 Å². The summed E-state index contributed by atoms with van der Waals surface area (Å²) in [5.74, 6) is 0.470. The topological polar surface area (TPSA) is 43.4 Å². The van der Waals surface area contributed by atoms with Crippen LogP contribution in [0.2, 0.25) is 0 Å². The average Bonchev–Trinajstić information content (AvgIpc) is 2.84. The number of ketones is 1. The Morgan fingerprint density at radius 1 is 1.30 bits per heavy atom. The fourth-order valence-electron chi connectivity index (χ4n) is 3.07. The van der Waals surface area contributed by atoms with Crippen molar-refractivity contribution in [2.24, 2.45) is 5.92 Å². The lowest BCUT2D eigenvalue weighted by atomic mass is 9.90. The van der Waals surface area contributed by atoms with Crippen molar-refractivity contribution in [3.8, 4) is 0 Å². The van der Waals surface area contributed by atoms with Gasteiger partial charge in [0.15, 0.2) is 11.9 Å². The van der Waals surface area contributed by atoms with Crippen LogP contribution in [0, 0.1) is 5.92 Å². The predicted molar refractivity (Wildman–Crippen MR) is 78.2 cm³/mol. The minimum Gasteiger partial charge on any atom is -0.450 e. The van der Waals surface area contributed by atoms with Gasteiger partial charge < -0.3 is 4.74 Å². The summed E-state index contributed by atoms with van der Waals surface area (Å²) in [6, 6.07) is 1.98. The Kier molecular flexibility index (Phi) is 3.92. The van der Waals surface area contributed by atoms with Gasteiger partial charge >= 0.3 is 5.97 Å². The molecule has 1 fully saturated rings. The number of esters is 1. The minimum absolute atomic E-state index is 0.0829. The van der Waals surface area contributed by atoms with Crippen LogP contribution in [0.15, 0.2) is 6.07 Å². The predicted octanol–water partition coefficient (Wildman–Crippen LogP) is 3.54. The van der Waals surface area contributed by atoms with Gasteiger partial charge in [0.05, 0.1) is 0 Å². The molecule has 0 aromatic carbocycles. The summed E-state index contributed by atoms with van der Waals surface area (Å²) in [5.41, 5.74) is 1.30. The van der Waals surface area contributed by atoms with Crippen molar-refractivity contribution in [3.05, 3.63) is 21.4 Å². The number of rotatable bonds is 2. The Bertz CT molecular complexity index is 532. The number of fused-ring (bicyclic) bond motifs is 1. The highest BCUT2D eigenvalue weighted by molar-refractivity contribution is 7.14. The van der Waals surface area contributed by atoms with Gasteiger partial charge in [-0.1, -0.05) is 6.92 Å². The van der Waals surface area contributed by atoms with Crippen LogP contribution < -0.4 is 0 Å². The molecule has 20 heavy (non-hydrogen) atoms. The number of aryl methyl sites for hydroxylation is 1. The summed E-state index contributed by atoms with van der Waals surface area (Å²) in [6.45, 7) is 2.25. The van der Waals surface area contributed by atoms with Gasteiger partial charge in [0, 0.05) is 11.3 Å². The Morgan fingerprint density at radius 2 is 2.15 bits per heavy atom. The number of thiophene rings is 1. The van der Waals surface area contributed by atoms with E-state index in [1.165, 1.54) is 16.9 Å². The van der Waals surface area contributed by atoms with Gasteiger partial charge in [-0.25, -0.2) is 4.79 Å². The van der Waals surface area contributed by atoms with Crippen molar-refractivity contribution < 1.29 is 14.3 Å². The molecular weight excluding hydrogens is 272 g/mol. The summed E-state index contributed by atoms with van der Waals surface area (Å²) < 4.78 is 5.42. The summed E-state index contributed by atoms with van der Waals surface area (Å²) in [6.07, 6.45) is 5.96. The number of hydrogen-bond acceptors (Lipinski definition) is 4. The zero-order chi connectivity index (χ0) is 14.1. The second kappa shape index (κ2) is 5.68. The summed E-state index contributed by atoms with van der Waals surface area (Å²) in [5, 5.41) is 0. The molecule has 2 aliphatic carbocycles. The molecule has 1 aromatic rings. The largest absolute Gasteiger partial charge is 0.450 e. The molecule has 0 radical (unpaired) electrons. The lowest BCUT2D eigenvalue weighted by Gasteiger charge is -2.20. The van der Waals surface area contributed by atoms with Crippen molar-refractivity contribution in [1.82, 2.24) is 0 Å². The molecule has 0 aliphatic heterocycles. The van der Waals surface area contributed by atoms with Crippen molar-refractivity contribution in [2.45, 2.75) is 58.0 Å². The van der Waals surface area contributed by atoms with Gasteiger partial charge in [0.1, 0.15) is 4.88 Å². The first-order valence-corrected chi connectivity index (χ1v) is 8.30. The standard InChI is InChI=1S/C16H20O3S/c1-10-6-7-14-11(8-10)9-15(20-14)16(18)19-13-5-3-2-4-12(13)17/h9-10,13H,2-8H2,1H3. The lowest BCUT2D eigenvalue weighted by molar-refractivity contribution is -0.129. The third-order valence-corrected chi connectivity index (χ3v) is 5.50. The highest BCUT2D eigenvalue weighted by atomic mass is 32.1. The first-order valence-electron chi connectivity index (χ1n) is 7.49. The van der Waals surface area contributed by atoms with E-state index in [1.54, 1.807) is 11.3 Å². The quantitative estimate of drug-likeness (QED) is 0.783. The van der Waals surface area contributed by atoms with E-state index in [0.29, 0.717) is 23.6 Å². The van der Waals surface area contributed by atoms with Crippen molar-refractivity contribution in [1.29, 1.82) is 0 Å². The molecule has 0 amide bonds. The monoisotopic (exact) mass is 292 g/mol. The van der Waals surface area contributed by atoms with Gasteiger partial charge in [-0.2, -0.15) is 0 Å². The van der Waals surface area contributed by atoms with Crippen LogP contribution in [-0.4, -0.2) is 17.9 Å². The normalized spacial score (nSPS) is 26.1. The number of carbonyl (C=O) groups is 2. The molecule has 2 aliphatic rings. The third kappa shape index (κ3) is 2.80. The van der Waals surface area contributed by atoms with Crippen LogP contribution in [0.3, 0.4) is 0 Å². The molecule has 0 spiro atoms. The van der Waals surface area contributed by atoms with E-state index in [-0.39, 0.29) is 11.8 Å². The molecule has 108 valence electrons. The van der Waals surface area contributed by atoms with E-state index in [9.17, 15) is 9.59 Å². The van der Waals surface area contributed by atoms with E-state index in [2.05, 4.69) is 6.92 Å². The average molecular weight is 292 g/mol. The SMILES string of the molecule is CC1CCc2sc(C(=O)OC3CCCCC3=O)cc2C1. The Labute approximate surface area is 123 Å². The van der Waals surface area contributed by atoms with Gasteiger partial charge in [0.2, 0.25) is 0 Å². The van der Waals surface area contributed by atoms with Gasteiger partial charge in [-0.3, -0.25) is 4.79 Å². The lowest BCUT2D eigenvalue weighted by Crippen LogP contribution is -2.29. The highest BCUT2D eigenvalue weighted by Crippen LogP contribution is 2.33. The third-order valence-electron chi connectivity index (χ3n) is 4.28. The fourth-order valence-corrected chi connectivity index (χ4v) is 4.16. The molecule has 3 rings (SSSR count). The Morgan fingerprint density at radius 3 is 2.95 bits per heavy atom. The maximum absolute atomic E-state index is 12.2. The first-order chi connectivity index (χ1) is 9.63. The second-order valence-corrected chi connectivity index (χ2v) is 7.15. The van der Waals surface area contributed by atoms with Crippen LogP contribution in [0.5, 0.6) is 0 Å². The molecule has 4 heteroatoms. The molecule has 2 atom stereocenters. The fraction of sp³-hybridized carbons (Fsp3) is 0.625. The smallest absolute Gasteiger partial charge is 0.349 e. The number of carbonyl (C=O) groups excluding carboxylic acids is 2. The maximum Gasteiger partial charge on any atom is 0.349 e. The molecule has 3 nitrogen and oxygen atoms in total. The Hall–Kier alpha value is -1.16. The van der Waals surface area contributed by atoms with E-state index >= 15 is 0 Å².